The Balaban J connectivity index is 1.36. The quantitative estimate of drug-likeness (QED) is 0.484. The van der Waals surface area contributed by atoms with Gasteiger partial charge in [-0.3, -0.25) is 4.79 Å². The lowest BCUT2D eigenvalue weighted by molar-refractivity contribution is -0.122. The molecule has 7 rings (SSSR count). The smallest absolute Gasteiger partial charge is 0.246 e. The van der Waals surface area contributed by atoms with Crippen LogP contribution in [0.2, 0.25) is 0 Å². The summed E-state index contributed by atoms with van der Waals surface area (Å²) in [5, 5.41) is 0. The third kappa shape index (κ3) is 2.20. The molecule has 4 aromatic rings. The van der Waals surface area contributed by atoms with Gasteiger partial charge in [0.1, 0.15) is 28.8 Å². The molecule has 1 spiro atoms. The van der Waals surface area contributed by atoms with Crippen LogP contribution in [0.3, 0.4) is 0 Å². The van der Waals surface area contributed by atoms with Gasteiger partial charge >= 0.3 is 0 Å². The first-order valence-corrected chi connectivity index (χ1v) is 10.7. The number of hydrogen-bond donors (Lipinski definition) is 0. The molecule has 0 saturated heterocycles. The summed E-state index contributed by atoms with van der Waals surface area (Å²) in [5.74, 6) is 1.97. The summed E-state index contributed by atoms with van der Waals surface area (Å²) in [4.78, 5) is 15.9. The van der Waals surface area contributed by atoms with Crippen LogP contribution in [0.5, 0.6) is 17.2 Å². The molecule has 0 bridgehead atoms. The van der Waals surface area contributed by atoms with Gasteiger partial charge in [-0.15, -0.1) is 0 Å². The fraction of sp³-hybridized carbons (Fsp3) is 0.174. The molecule has 0 radical (unpaired) electrons. The van der Waals surface area contributed by atoms with Crippen molar-refractivity contribution in [2.75, 3.05) is 18.3 Å². The minimum atomic E-state index is -0.890. The fourth-order valence-electron chi connectivity index (χ4n) is 4.83. The second-order valence-electron chi connectivity index (χ2n) is 7.89. The van der Waals surface area contributed by atoms with E-state index in [4.69, 9.17) is 14.2 Å². The van der Waals surface area contributed by atoms with Crippen LogP contribution in [0, 0.1) is 0 Å². The van der Waals surface area contributed by atoms with E-state index in [0.717, 1.165) is 33.4 Å². The van der Waals surface area contributed by atoms with Gasteiger partial charge in [-0.2, -0.15) is 8.75 Å². The van der Waals surface area contributed by atoms with Crippen molar-refractivity contribution < 1.29 is 19.0 Å². The molecule has 152 valence electrons. The van der Waals surface area contributed by atoms with E-state index in [2.05, 4.69) is 8.75 Å². The molecule has 0 N–H and O–H groups in total. The lowest BCUT2D eigenvalue weighted by Crippen LogP contribution is -2.42. The molecular weight excluding hydrogens is 414 g/mol. The molecule has 0 aliphatic carbocycles. The van der Waals surface area contributed by atoms with Gasteiger partial charge in [0.2, 0.25) is 12.7 Å². The molecular formula is C23H15N3O4S. The van der Waals surface area contributed by atoms with Gasteiger partial charge in [0.25, 0.3) is 0 Å². The highest BCUT2D eigenvalue weighted by Gasteiger charge is 2.57. The number of carbonyl (C=O) groups is 1. The first-order chi connectivity index (χ1) is 15.2. The second-order valence-corrected chi connectivity index (χ2v) is 8.42. The lowest BCUT2D eigenvalue weighted by atomic mass is 9.77. The van der Waals surface area contributed by atoms with Crippen LogP contribution in [-0.2, 0) is 16.8 Å². The van der Waals surface area contributed by atoms with Gasteiger partial charge in [0, 0.05) is 17.3 Å². The van der Waals surface area contributed by atoms with Crippen LogP contribution in [0.25, 0.3) is 11.0 Å². The van der Waals surface area contributed by atoms with Crippen molar-refractivity contribution in [2.45, 2.75) is 12.0 Å². The molecule has 0 saturated carbocycles. The van der Waals surface area contributed by atoms with Crippen LogP contribution in [-0.4, -0.2) is 28.1 Å². The summed E-state index contributed by atoms with van der Waals surface area (Å²) >= 11 is 1.19. The van der Waals surface area contributed by atoms with E-state index in [1.165, 1.54) is 11.7 Å². The maximum Gasteiger partial charge on any atom is 0.246 e. The summed E-state index contributed by atoms with van der Waals surface area (Å²) in [7, 11) is 0. The first kappa shape index (κ1) is 17.1. The van der Waals surface area contributed by atoms with E-state index in [1.807, 2.05) is 59.5 Å². The highest BCUT2D eigenvalue weighted by atomic mass is 32.1. The maximum atomic E-state index is 14.0. The fourth-order valence-corrected chi connectivity index (χ4v) is 5.35. The molecule has 3 aliphatic heterocycles. The Bertz CT molecular complexity index is 1400. The molecule has 4 heterocycles. The van der Waals surface area contributed by atoms with E-state index in [9.17, 15) is 4.79 Å². The Morgan fingerprint density at radius 1 is 0.903 bits per heavy atom. The van der Waals surface area contributed by atoms with Crippen molar-refractivity contribution in [3.63, 3.8) is 0 Å². The Hall–Kier alpha value is -3.65. The van der Waals surface area contributed by atoms with Crippen LogP contribution >= 0.6 is 11.7 Å². The minimum absolute atomic E-state index is 0.00261. The summed E-state index contributed by atoms with van der Waals surface area (Å²) < 4.78 is 25.7. The second kappa shape index (κ2) is 5.95. The molecule has 1 aromatic heterocycles. The van der Waals surface area contributed by atoms with Crippen molar-refractivity contribution >= 4 is 34.4 Å². The van der Waals surface area contributed by atoms with E-state index >= 15 is 0 Å². The predicted octanol–water partition coefficient (Wildman–Crippen LogP) is 3.65. The normalized spacial score (nSPS) is 20.4. The zero-order chi connectivity index (χ0) is 20.6. The number of anilines is 1. The summed E-state index contributed by atoms with van der Waals surface area (Å²) in [6, 6.07) is 17.6. The highest BCUT2D eigenvalue weighted by molar-refractivity contribution is 7.00. The first-order valence-electron chi connectivity index (χ1n) is 9.94. The molecule has 1 atom stereocenters. The average Bonchev–Trinajstić information content (AvgIpc) is 3.56. The minimum Gasteiger partial charge on any atom is -0.491 e. The molecule has 3 aliphatic rings. The predicted molar refractivity (Wildman–Crippen MR) is 114 cm³/mol. The van der Waals surface area contributed by atoms with Crippen molar-refractivity contribution in [1.82, 2.24) is 8.75 Å². The highest BCUT2D eigenvalue weighted by Crippen LogP contribution is 2.55. The van der Waals surface area contributed by atoms with Gasteiger partial charge in [-0.1, -0.05) is 24.3 Å². The lowest BCUT2D eigenvalue weighted by Gasteiger charge is -2.23. The molecule has 1 unspecified atom stereocenters. The Kier molecular flexibility index (Phi) is 3.28. The topological polar surface area (TPSA) is 73.8 Å². The molecule has 7 nitrogen and oxygen atoms in total. The van der Waals surface area contributed by atoms with Crippen LogP contribution in [0.1, 0.15) is 16.7 Å². The number of rotatable bonds is 2. The van der Waals surface area contributed by atoms with Crippen molar-refractivity contribution in [1.29, 1.82) is 0 Å². The third-order valence-corrected chi connectivity index (χ3v) is 6.86. The number of nitrogens with zero attached hydrogens (tertiary/aromatic N) is 3. The Labute approximate surface area is 181 Å². The Morgan fingerprint density at radius 2 is 1.74 bits per heavy atom. The standard InChI is InChI=1S/C23H15N3O4S/c27-22-23(11-28-19-9-21-20(8-15(19)23)29-12-30-21)14-3-1-2-4-18(14)26(22)10-13-5-6-16-17(7-13)25-31-24-16/h1-9H,10-12H2. The van der Waals surface area contributed by atoms with Gasteiger partial charge in [0.15, 0.2) is 11.5 Å². The van der Waals surface area contributed by atoms with E-state index in [0.29, 0.717) is 23.8 Å². The number of hydrogen-bond acceptors (Lipinski definition) is 7. The zero-order valence-corrected chi connectivity index (χ0v) is 17.0. The molecule has 8 heteroatoms. The number of carbonyl (C=O) groups excluding carboxylic acids is 1. The molecule has 31 heavy (non-hydrogen) atoms. The number of benzene rings is 3. The SMILES string of the molecule is O=C1N(Cc2ccc3nsnc3c2)c2ccccc2C12COc1cc3c(cc12)OCO3. The number of amides is 1. The summed E-state index contributed by atoms with van der Waals surface area (Å²) in [5.41, 5.74) is 4.51. The van der Waals surface area contributed by atoms with E-state index in [-0.39, 0.29) is 19.3 Å². The molecule has 1 amide bonds. The van der Waals surface area contributed by atoms with Crippen LogP contribution < -0.4 is 19.1 Å². The number of fused-ring (bicyclic) bond motifs is 6. The largest absolute Gasteiger partial charge is 0.491 e. The van der Waals surface area contributed by atoms with E-state index in [1.54, 1.807) is 0 Å². The summed E-state index contributed by atoms with van der Waals surface area (Å²) in [6.45, 7) is 0.882. The number of ether oxygens (including phenoxy) is 3. The third-order valence-electron chi connectivity index (χ3n) is 6.30. The number of para-hydroxylation sites is 1. The van der Waals surface area contributed by atoms with Crippen molar-refractivity contribution in [2.24, 2.45) is 0 Å². The van der Waals surface area contributed by atoms with Gasteiger partial charge in [-0.05, 0) is 35.4 Å². The summed E-state index contributed by atoms with van der Waals surface area (Å²) in [6.07, 6.45) is 0. The van der Waals surface area contributed by atoms with Crippen LogP contribution in [0.15, 0.2) is 54.6 Å². The van der Waals surface area contributed by atoms with Gasteiger partial charge in [0.05, 0.1) is 18.3 Å². The van der Waals surface area contributed by atoms with Crippen molar-refractivity contribution in [3.8, 4) is 17.2 Å². The molecule has 3 aromatic carbocycles. The average molecular weight is 429 g/mol. The van der Waals surface area contributed by atoms with Crippen molar-refractivity contribution in [3.05, 3.63) is 71.3 Å². The number of aromatic nitrogens is 2. The monoisotopic (exact) mass is 429 g/mol. The van der Waals surface area contributed by atoms with Crippen LogP contribution in [0.4, 0.5) is 5.69 Å². The van der Waals surface area contributed by atoms with Gasteiger partial charge in [-0.25, -0.2) is 0 Å². The Morgan fingerprint density at radius 3 is 2.68 bits per heavy atom. The molecule has 0 fully saturated rings. The van der Waals surface area contributed by atoms with E-state index < -0.39 is 5.41 Å². The maximum absolute atomic E-state index is 14.0. The van der Waals surface area contributed by atoms with Gasteiger partial charge < -0.3 is 19.1 Å². The zero-order valence-electron chi connectivity index (χ0n) is 16.2.